The van der Waals surface area contributed by atoms with Crippen LogP contribution in [0.5, 0.6) is 0 Å². The van der Waals surface area contributed by atoms with Crippen LogP contribution in [0.1, 0.15) is 13.3 Å². The maximum atomic E-state index is 11.9. The monoisotopic (exact) mass is 299 g/mol. The van der Waals surface area contributed by atoms with Gasteiger partial charge in [0.25, 0.3) is 0 Å². The van der Waals surface area contributed by atoms with E-state index in [0.717, 1.165) is 4.47 Å². The van der Waals surface area contributed by atoms with Crippen LogP contribution in [-0.2, 0) is 6.54 Å². The highest BCUT2D eigenvalue weighted by atomic mass is 79.9. The molecule has 0 saturated heterocycles. The number of rotatable bonds is 5. The third-order valence-corrected chi connectivity index (χ3v) is 2.37. The topological polar surface area (TPSA) is 29.9 Å². The second-order valence-electron chi connectivity index (χ2n) is 3.60. The van der Waals surface area contributed by atoms with Crippen molar-refractivity contribution in [3.05, 3.63) is 16.9 Å². The highest BCUT2D eigenvalue weighted by Gasteiger charge is 2.26. The summed E-state index contributed by atoms with van der Waals surface area (Å²) in [5.74, 6) is 0. The van der Waals surface area contributed by atoms with Gasteiger partial charge in [-0.2, -0.15) is 18.3 Å². The van der Waals surface area contributed by atoms with E-state index in [-0.39, 0.29) is 12.6 Å². The third-order valence-electron chi connectivity index (χ3n) is 1.96. The Bertz CT molecular complexity index is 324. The summed E-state index contributed by atoms with van der Waals surface area (Å²) in [4.78, 5) is 0. The zero-order valence-electron chi connectivity index (χ0n) is 8.76. The van der Waals surface area contributed by atoms with Crippen molar-refractivity contribution in [3.8, 4) is 0 Å². The Labute approximate surface area is 100 Å². The first kappa shape index (κ1) is 13.5. The predicted octanol–water partition coefficient (Wildman–Crippen LogP) is 2.58. The standard InChI is InChI=1S/C9H13BrF3N3/c1-7(14-3-2-9(11,12)13)5-16-6-8(10)4-15-16/h4,6-7,14H,2-3,5H2,1H3/t7-/m0/s1. The van der Waals surface area contributed by atoms with Crippen molar-refractivity contribution in [1.82, 2.24) is 15.1 Å². The zero-order valence-corrected chi connectivity index (χ0v) is 10.3. The molecule has 0 aliphatic carbocycles. The fraction of sp³-hybridized carbons (Fsp3) is 0.667. The number of hydrogen-bond donors (Lipinski definition) is 1. The first-order valence-electron chi connectivity index (χ1n) is 4.85. The normalized spacial score (nSPS) is 14.1. The van der Waals surface area contributed by atoms with Gasteiger partial charge in [-0.1, -0.05) is 0 Å². The van der Waals surface area contributed by atoms with Gasteiger partial charge in [0.1, 0.15) is 0 Å². The molecule has 1 heterocycles. The van der Waals surface area contributed by atoms with E-state index in [2.05, 4.69) is 26.3 Å². The zero-order chi connectivity index (χ0) is 12.2. The second kappa shape index (κ2) is 5.67. The number of nitrogens with one attached hydrogen (secondary N) is 1. The lowest BCUT2D eigenvalue weighted by Gasteiger charge is -2.14. The molecule has 16 heavy (non-hydrogen) atoms. The van der Waals surface area contributed by atoms with Gasteiger partial charge in [-0.3, -0.25) is 4.68 Å². The Hall–Kier alpha value is -0.560. The number of halogens is 4. The Kier molecular flexibility index (Phi) is 4.79. The molecule has 0 saturated carbocycles. The molecule has 0 amide bonds. The predicted molar refractivity (Wildman–Crippen MR) is 58.1 cm³/mol. The van der Waals surface area contributed by atoms with Crippen molar-refractivity contribution < 1.29 is 13.2 Å². The van der Waals surface area contributed by atoms with Crippen LogP contribution in [-0.4, -0.2) is 28.5 Å². The summed E-state index contributed by atoms with van der Waals surface area (Å²) in [6.07, 6.45) is -1.48. The highest BCUT2D eigenvalue weighted by molar-refractivity contribution is 9.10. The van der Waals surface area contributed by atoms with E-state index in [1.165, 1.54) is 0 Å². The van der Waals surface area contributed by atoms with Gasteiger partial charge in [0.2, 0.25) is 0 Å². The molecule has 0 bridgehead atoms. The second-order valence-corrected chi connectivity index (χ2v) is 4.52. The first-order chi connectivity index (χ1) is 7.37. The van der Waals surface area contributed by atoms with Crippen molar-refractivity contribution in [2.24, 2.45) is 0 Å². The summed E-state index contributed by atoms with van der Waals surface area (Å²) in [6, 6.07) is -0.0471. The molecule has 0 spiro atoms. The van der Waals surface area contributed by atoms with Crippen LogP contribution in [0.2, 0.25) is 0 Å². The number of alkyl halides is 3. The minimum atomic E-state index is -4.10. The van der Waals surface area contributed by atoms with E-state index in [0.29, 0.717) is 6.54 Å². The molecule has 0 aromatic carbocycles. The van der Waals surface area contributed by atoms with Crippen LogP contribution in [0.15, 0.2) is 16.9 Å². The van der Waals surface area contributed by atoms with Crippen LogP contribution in [0.25, 0.3) is 0 Å². The van der Waals surface area contributed by atoms with E-state index in [9.17, 15) is 13.2 Å². The quantitative estimate of drug-likeness (QED) is 0.906. The number of aromatic nitrogens is 2. The Morgan fingerprint density at radius 3 is 2.75 bits per heavy atom. The number of hydrogen-bond acceptors (Lipinski definition) is 2. The Morgan fingerprint density at radius 2 is 2.25 bits per heavy atom. The summed E-state index contributed by atoms with van der Waals surface area (Å²) in [5, 5.41) is 6.82. The molecular formula is C9H13BrF3N3. The van der Waals surface area contributed by atoms with Crippen molar-refractivity contribution >= 4 is 15.9 Å². The lowest BCUT2D eigenvalue weighted by molar-refractivity contribution is -0.133. The van der Waals surface area contributed by atoms with Crippen LogP contribution in [0.4, 0.5) is 13.2 Å². The molecule has 0 aliphatic heterocycles. The van der Waals surface area contributed by atoms with Crippen LogP contribution in [0.3, 0.4) is 0 Å². The lowest BCUT2D eigenvalue weighted by Crippen LogP contribution is -2.33. The SMILES string of the molecule is C[C@@H](Cn1cc(Br)cn1)NCCC(F)(F)F. The molecule has 0 radical (unpaired) electrons. The molecule has 1 aromatic heterocycles. The molecule has 7 heteroatoms. The average Bonchev–Trinajstić information content (AvgIpc) is 2.48. The van der Waals surface area contributed by atoms with Gasteiger partial charge >= 0.3 is 6.18 Å². The molecule has 1 rings (SSSR count). The van der Waals surface area contributed by atoms with E-state index in [1.54, 1.807) is 17.1 Å². The van der Waals surface area contributed by atoms with E-state index in [4.69, 9.17) is 0 Å². The van der Waals surface area contributed by atoms with Gasteiger partial charge in [0.15, 0.2) is 0 Å². The summed E-state index contributed by atoms with van der Waals surface area (Å²) >= 11 is 3.25. The smallest absolute Gasteiger partial charge is 0.312 e. The van der Waals surface area contributed by atoms with Gasteiger partial charge in [0.05, 0.1) is 23.6 Å². The van der Waals surface area contributed by atoms with Gasteiger partial charge in [-0.25, -0.2) is 0 Å². The fourth-order valence-corrected chi connectivity index (χ4v) is 1.57. The summed E-state index contributed by atoms with van der Waals surface area (Å²) in [7, 11) is 0. The molecule has 0 unspecified atom stereocenters. The summed E-state index contributed by atoms with van der Waals surface area (Å²) in [6.45, 7) is 2.31. The maximum Gasteiger partial charge on any atom is 0.390 e. The first-order valence-corrected chi connectivity index (χ1v) is 5.64. The highest BCUT2D eigenvalue weighted by Crippen LogP contribution is 2.18. The van der Waals surface area contributed by atoms with Crippen LogP contribution >= 0.6 is 15.9 Å². The molecule has 3 nitrogen and oxygen atoms in total. The minimum Gasteiger partial charge on any atom is -0.312 e. The summed E-state index contributed by atoms with van der Waals surface area (Å²) < 4.78 is 38.2. The average molecular weight is 300 g/mol. The lowest BCUT2D eigenvalue weighted by atomic mass is 10.3. The third kappa shape index (κ3) is 5.50. The maximum absolute atomic E-state index is 11.9. The van der Waals surface area contributed by atoms with Crippen molar-refractivity contribution in [2.75, 3.05) is 6.54 Å². The Balaban J connectivity index is 2.23. The largest absolute Gasteiger partial charge is 0.390 e. The fourth-order valence-electron chi connectivity index (χ4n) is 1.24. The van der Waals surface area contributed by atoms with E-state index in [1.807, 2.05) is 6.92 Å². The molecule has 0 aliphatic rings. The number of nitrogens with zero attached hydrogens (tertiary/aromatic N) is 2. The minimum absolute atomic E-state index is 0.0471. The molecule has 1 atom stereocenters. The Morgan fingerprint density at radius 1 is 1.56 bits per heavy atom. The van der Waals surface area contributed by atoms with Crippen molar-refractivity contribution in [1.29, 1.82) is 0 Å². The molecule has 1 N–H and O–H groups in total. The van der Waals surface area contributed by atoms with Crippen molar-refractivity contribution in [3.63, 3.8) is 0 Å². The molecular weight excluding hydrogens is 287 g/mol. The molecule has 1 aromatic rings. The van der Waals surface area contributed by atoms with Crippen molar-refractivity contribution in [2.45, 2.75) is 32.1 Å². The van der Waals surface area contributed by atoms with E-state index < -0.39 is 12.6 Å². The van der Waals surface area contributed by atoms with Gasteiger partial charge < -0.3 is 5.32 Å². The molecule has 92 valence electrons. The van der Waals surface area contributed by atoms with Crippen LogP contribution < -0.4 is 5.32 Å². The van der Waals surface area contributed by atoms with E-state index >= 15 is 0 Å². The van der Waals surface area contributed by atoms with Crippen LogP contribution in [0, 0.1) is 0 Å². The summed E-state index contributed by atoms with van der Waals surface area (Å²) in [5.41, 5.74) is 0. The van der Waals surface area contributed by atoms with Gasteiger partial charge in [-0.15, -0.1) is 0 Å². The molecule has 0 fully saturated rings. The van der Waals surface area contributed by atoms with Gasteiger partial charge in [0, 0.05) is 18.8 Å². The van der Waals surface area contributed by atoms with Gasteiger partial charge in [-0.05, 0) is 22.9 Å².